The predicted octanol–water partition coefficient (Wildman–Crippen LogP) is 4.80. The highest BCUT2D eigenvalue weighted by atomic mass is 32.1. The molecular formula is C24H21N5O3S. The number of anilines is 1. The summed E-state index contributed by atoms with van der Waals surface area (Å²) in [5.41, 5.74) is 3.31. The number of carbonyl (C=O) groups is 1. The second-order valence-electron chi connectivity index (χ2n) is 7.47. The zero-order valence-corrected chi connectivity index (χ0v) is 19.1. The zero-order chi connectivity index (χ0) is 22.9. The molecule has 3 heterocycles. The molecule has 0 aliphatic rings. The van der Waals surface area contributed by atoms with Gasteiger partial charge in [-0.2, -0.15) is 9.61 Å². The van der Waals surface area contributed by atoms with Crippen molar-refractivity contribution in [2.45, 2.75) is 20.5 Å². The van der Waals surface area contributed by atoms with Gasteiger partial charge in [-0.25, -0.2) is 9.97 Å². The molecule has 1 N–H and O–H groups in total. The van der Waals surface area contributed by atoms with E-state index in [1.165, 1.54) is 11.3 Å². The van der Waals surface area contributed by atoms with E-state index in [4.69, 9.17) is 9.47 Å². The Labute approximate surface area is 193 Å². The van der Waals surface area contributed by atoms with E-state index in [0.717, 1.165) is 21.6 Å². The minimum absolute atomic E-state index is 0.263. The largest absolute Gasteiger partial charge is 0.493 e. The Kier molecular flexibility index (Phi) is 5.39. The Balaban J connectivity index is 1.37. The van der Waals surface area contributed by atoms with E-state index in [1.807, 2.05) is 43.3 Å². The average Bonchev–Trinajstić information content (AvgIpc) is 3.31. The first-order valence-electron chi connectivity index (χ1n) is 10.3. The first-order chi connectivity index (χ1) is 16.0. The van der Waals surface area contributed by atoms with E-state index in [2.05, 4.69) is 20.4 Å². The van der Waals surface area contributed by atoms with Crippen molar-refractivity contribution in [3.8, 4) is 11.5 Å². The van der Waals surface area contributed by atoms with E-state index in [0.29, 0.717) is 33.5 Å². The number of aromatic nitrogens is 4. The molecule has 33 heavy (non-hydrogen) atoms. The van der Waals surface area contributed by atoms with E-state index >= 15 is 0 Å². The molecule has 0 saturated heterocycles. The van der Waals surface area contributed by atoms with Crippen LogP contribution >= 0.6 is 11.3 Å². The van der Waals surface area contributed by atoms with Gasteiger partial charge in [-0.3, -0.25) is 4.79 Å². The van der Waals surface area contributed by atoms with Crippen LogP contribution in [0.25, 0.3) is 15.9 Å². The number of rotatable bonds is 6. The molecule has 5 rings (SSSR count). The van der Waals surface area contributed by atoms with Gasteiger partial charge in [0, 0.05) is 17.1 Å². The van der Waals surface area contributed by atoms with Crippen LogP contribution < -0.4 is 14.8 Å². The smallest absolute Gasteiger partial charge is 0.276 e. The molecule has 0 aliphatic heterocycles. The quantitative estimate of drug-likeness (QED) is 0.392. The molecule has 166 valence electrons. The number of nitrogens with one attached hydrogen (secondary N) is 1. The van der Waals surface area contributed by atoms with Gasteiger partial charge in [0.15, 0.2) is 17.2 Å². The molecule has 0 unspecified atom stereocenters. The summed E-state index contributed by atoms with van der Waals surface area (Å²) in [5, 5.41) is 9.21. The highest BCUT2D eigenvalue weighted by molar-refractivity contribution is 7.16. The summed E-state index contributed by atoms with van der Waals surface area (Å²) in [6.07, 6.45) is 0. The van der Waals surface area contributed by atoms with Crippen LogP contribution in [0.5, 0.6) is 11.5 Å². The monoisotopic (exact) mass is 459 g/mol. The number of amides is 1. The van der Waals surface area contributed by atoms with Crippen LogP contribution in [-0.4, -0.2) is 32.6 Å². The van der Waals surface area contributed by atoms with Crippen LogP contribution in [0.15, 0.2) is 54.6 Å². The van der Waals surface area contributed by atoms with Crippen molar-refractivity contribution in [2.75, 3.05) is 12.4 Å². The highest BCUT2D eigenvalue weighted by Gasteiger charge is 2.20. The third kappa shape index (κ3) is 4.10. The van der Waals surface area contributed by atoms with E-state index in [-0.39, 0.29) is 12.5 Å². The number of nitrogens with zero attached hydrogens (tertiary/aromatic N) is 4. The predicted molar refractivity (Wildman–Crippen MR) is 127 cm³/mol. The minimum atomic E-state index is -0.294. The van der Waals surface area contributed by atoms with Crippen molar-refractivity contribution in [1.82, 2.24) is 19.6 Å². The van der Waals surface area contributed by atoms with Crippen molar-refractivity contribution in [1.29, 1.82) is 0 Å². The molecule has 9 heteroatoms. The van der Waals surface area contributed by atoms with Crippen molar-refractivity contribution < 1.29 is 14.3 Å². The molecule has 0 bridgehead atoms. The zero-order valence-electron chi connectivity index (χ0n) is 18.3. The maximum Gasteiger partial charge on any atom is 0.276 e. The fourth-order valence-electron chi connectivity index (χ4n) is 3.60. The first-order valence-corrected chi connectivity index (χ1v) is 11.1. The number of pyridine rings is 1. The molecule has 0 atom stereocenters. The highest BCUT2D eigenvalue weighted by Crippen LogP contribution is 2.31. The first kappa shape index (κ1) is 20.9. The molecule has 8 nitrogen and oxygen atoms in total. The van der Waals surface area contributed by atoms with Gasteiger partial charge in [-0.1, -0.05) is 35.6 Å². The summed E-state index contributed by atoms with van der Waals surface area (Å²) in [5.74, 6) is 0.773. The van der Waals surface area contributed by atoms with Crippen LogP contribution in [0.4, 0.5) is 5.69 Å². The van der Waals surface area contributed by atoms with Crippen LogP contribution in [0, 0.1) is 13.8 Å². The maximum atomic E-state index is 13.0. The minimum Gasteiger partial charge on any atom is -0.493 e. The fourth-order valence-corrected chi connectivity index (χ4v) is 4.39. The van der Waals surface area contributed by atoms with Crippen LogP contribution in [0.1, 0.15) is 26.9 Å². The number of para-hydroxylation sites is 1. The van der Waals surface area contributed by atoms with Crippen molar-refractivity contribution >= 4 is 38.8 Å². The van der Waals surface area contributed by atoms with Crippen LogP contribution in [-0.2, 0) is 6.61 Å². The summed E-state index contributed by atoms with van der Waals surface area (Å²) >= 11 is 1.44. The van der Waals surface area contributed by atoms with Crippen LogP contribution in [0.3, 0.4) is 0 Å². The number of aryl methyl sites for hydroxylation is 2. The van der Waals surface area contributed by atoms with Gasteiger partial charge in [0.05, 0.1) is 24.0 Å². The Hall–Kier alpha value is -3.98. The van der Waals surface area contributed by atoms with Gasteiger partial charge in [0.25, 0.3) is 5.91 Å². The molecule has 0 aliphatic carbocycles. The number of carbonyl (C=O) groups excluding carboxylic acids is 1. The van der Waals surface area contributed by atoms with Crippen molar-refractivity contribution in [3.05, 3.63) is 76.7 Å². The molecule has 2 aromatic carbocycles. The normalized spacial score (nSPS) is 11.1. The summed E-state index contributed by atoms with van der Waals surface area (Å²) < 4.78 is 13.0. The second-order valence-corrected chi connectivity index (χ2v) is 8.63. The Morgan fingerprint density at radius 1 is 1.06 bits per heavy atom. The molecule has 0 saturated carbocycles. The van der Waals surface area contributed by atoms with Crippen molar-refractivity contribution in [3.63, 3.8) is 0 Å². The lowest BCUT2D eigenvalue weighted by molar-refractivity contribution is 0.102. The van der Waals surface area contributed by atoms with Gasteiger partial charge in [-0.15, -0.1) is 0 Å². The second kappa shape index (κ2) is 8.51. The van der Waals surface area contributed by atoms with E-state index < -0.39 is 0 Å². The van der Waals surface area contributed by atoms with Gasteiger partial charge in [0.1, 0.15) is 11.6 Å². The summed E-state index contributed by atoms with van der Waals surface area (Å²) in [7, 11) is 1.58. The summed E-state index contributed by atoms with van der Waals surface area (Å²) in [4.78, 5) is 22.8. The topological polar surface area (TPSA) is 90.6 Å². The lowest BCUT2D eigenvalue weighted by Crippen LogP contribution is -2.16. The number of fused-ring (bicyclic) bond motifs is 2. The lowest BCUT2D eigenvalue weighted by Gasteiger charge is -2.13. The lowest BCUT2D eigenvalue weighted by atomic mass is 10.2. The number of hydrogen-bond donors (Lipinski definition) is 1. The number of methoxy groups -OCH3 is 1. The molecule has 0 spiro atoms. The molecule has 5 aromatic rings. The number of ether oxygens (including phenoxy) is 2. The van der Waals surface area contributed by atoms with E-state index in [1.54, 1.807) is 36.7 Å². The third-order valence-electron chi connectivity index (χ3n) is 5.15. The van der Waals surface area contributed by atoms with Crippen molar-refractivity contribution in [2.24, 2.45) is 0 Å². The van der Waals surface area contributed by atoms with Gasteiger partial charge in [-0.05, 0) is 38.1 Å². The molecule has 0 radical (unpaired) electrons. The number of hydrogen-bond acceptors (Lipinski definition) is 7. The molecular weight excluding hydrogens is 438 g/mol. The van der Waals surface area contributed by atoms with Gasteiger partial charge < -0.3 is 14.8 Å². The third-order valence-corrected chi connectivity index (χ3v) is 5.97. The summed E-state index contributed by atoms with van der Waals surface area (Å²) in [6, 6.07) is 17.1. The Bertz CT molecular complexity index is 1490. The maximum absolute atomic E-state index is 13.0. The standard InChI is InChI=1S/C24H21N5O3S/c1-14-22(29-24(25-14)33-15(2)28-29)23(30)27-17-10-11-20(31-3)21(12-17)32-13-18-9-8-16-6-4-5-7-19(16)26-18/h4-12H,13H2,1-3H3,(H,27,30). The SMILES string of the molecule is COc1ccc(NC(=O)c2c(C)nc3sc(C)nn23)cc1OCc1ccc2ccccc2n1. The Morgan fingerprint density at radius 2 is 1.91 bits per heavy atom. The fraction of sp³-hybridized carbons (Fsp3) is 0.167. The van der Waals surface area contributed by atoms with Crippen LogP contribution in [0.2, 0.25) is 0 Å². The van der Waals surface area contributed by atoms with E-state index in [9.17, 15) is 4.79 Å². The average molecular weight is 460 g/mol. The molecule has 3 aromatic heterocycles. The number of imidazole rings is 1. The molecule has 1 amide bonds. The number of benzene rings is 2. The Morgan fingerprint density at radius 3 is 2.76 bits per heavy atom. The summed E-state index contributed by atoms with van der Waals surface area (Å²) in [6.45, 7) is 3.94. The van der Waals surface area contributed by atoms with Gasteiger partial charge >= 0.3 is 0 Å². The van der Waals surface area contributed by atoms with Gasteiger partial charge in [0.2, 0.25) is 4.96 Å². The molecule has 0 fully saturated rings.